The van der Waals surface area contributed by atoms with E-state index < -0.39 is 15.8 Å². The minimum atomic E-state index is -3.84. The lowest BCUT2D eigenvalue weighted by molar-refractivity contribution is -0.115. The fraction of sp³-hybridized carbons (Fsp3) is 0.0952. The summed E-state index contributed by atoms with van der Waals surface area (Å²) in [6.07, 6.45) is 0.0919. The van der Waals surface area contributed by atoms with Gasteiger partial charge in [-0.15, -0.1) is 0 Å². The van der Waals surface area contributed by atoms with Crippen molar-refractivity contribution < 1.29 is 22.3 Å². The van der Waals surface area contributed by atoms with Gasteiger partial charge in [0.2, 0.25) is 5.91 Å². The van der Waals surface area contributed by atoms with Crippen LogP contribution in [0, 0.1) is 5.82 Å². The standard InChI is InChI=1S/C21H18ClFN2O4S/c1-29-20-11-8-17(13-19(20)22)24-21(26)12-14-2-6-16(7-3-14)25-30(27,28)18-9-4-15(23)5-10-18/h2-11,13,25H,12H2,1H3,(H,24,26). The molecule has 1 amide bonds. The van der Waals surface area contributed by atoms with Crippen molar-refractivity contribution in [1.29, 1.82) is 0 Å². The van der Waals surface area contributed by atoms with E-state index in [4.69, 9.17) is 16.3 Å². The number of anilines is 2. The van der Waals surface area contributed by atoms with Gasteiger partial charge in [-0.3, -0.25) is 9.52 Å². The molecule has 0 radical (unpaired) electrons. The normalized spacial score (nSPS) is 11.0. The average molecular weight is 449 g/mol. The topological polar surface area (TPSA) is 84.5 Å². The number of carbonyl (C=O) groups is 1. The van der Waals surface area contributed by atoms with Crippen LogP contribution in [0.25, 0.3) is 0 Å². The number of sulfonamides is 1. The highest BCUT2D eigenvalue weighted by Crippen LogP contribution is 2.27. The number of carbonyl (C=O) groups excluding carboxylic acids is 1. The minimum Gasteiger partial charge on any atom is -0.495 e. The molecule has 0 atom stereocenters. The first-order valence-electron chi connectivity index (χ1n) is 8.77. The summed E-state index contributed by atoms with van der Waals surface area (Å²) >= 11 is 6.04. The highest BCUT2D eigenvalue weighted by atomic mass is 35.5. The second-order valence-corrected chi connectivity index (χ2v) is 8.42. The first-order chi connectivity index (χ1) is 14.3. The second-order valence-electron chi connectivity index (χ2n) is 6.33. The number of halogens is 2. The molecule has 2 N–H and O–H groups in total. The quantitative estimate of drug-likeness (QED) is 0.558. The van der Waals surface area contributed by atoms with Gasteiger partial charge in [0, 0.05) is 11.4 Å². The maximum absolute atomic E-state index is 13.0. The Morgan fingerprint density at radius 1 is 1.00 bits per heavy atom. The second kappa shape index (κ2) is 9.15. The van der Waals surface area contributed by atoms with Crippen molar-refractivity contribution in [3.8, 4) is 5.75 Å². The molecule has 3 rings (SSSR count). The molecule has 3 aromatic rings. The van der Waals surface area contributed by atoms with Gasteiger partial charge < -0.3 is 10.1 Å². The molecular weight excluding hydrogens is 431 g/mol. The Morgan fingerprint density at radius 2 is 1.63 bits per heavy atom. The number of hydrogen-bond donors (Lipinski definition) is 2. The van der Waals surface area contributed by atoms with Crippen LogP contribution in [0.1, 0.15) is 5.56 Å². The van der Waals surface area contributed by atoms with E-state index >= 15 is 0 Å². The van der Waals surface area contributed by atoms with Crippen molar-refractivity contribution in [2.45, 2.75) is 11.3 Å². The summed E-state index contributed by atoms with van der Waals surface area (Å²) in [6.45, 7) is 0. The van der Waals surface area contributed by atoms with Gasteiger partial charge >= 0.3 is 0 Å². The van der Waals surface area contributed by atoms with Crippen LogP contribution in [-0.4, -0.2) is 21.4 Å². The Morgan fingerprint density at radius 3 is 2.23 bits per heavy atom. The van der Waals surface area contributed by atoms with Crippen LogP contribution in [0.4, 0.5) is 15.8 Å². The van der Waals surface area contributed by atoms with E-state index in [0.717, 1.165) is 12.1 Å². The lowest BCUT2D eigenvalue weighted by atomic mass is 10.1. The predicted octanol–water partition coefficient (Wildman–Crippen LogP) is 4.47. The minimum absolute atomic E-state index is 0.0505. The van der Waals surface area contributed by atoms with Crippen molar-refractivity contribution in [2.24, 2.45) is 0 Å². The molecule has 0 bridgehead atoms. The number of ether oxygens (including phenoxy) is 1. The number of methoxy groups -OCH3 is 1. The van der Waals surface area contributed by atoms with Gasteiger partial charge in [-0.25, -0.2) is 12.8 Å². The number of benzene rings is 3. The van der Waals surface area contributed by atoms with Crippen LogP contribution >= 0.6 is 11.6 Å². The summed E-state index contributed by atoms with van der Waals surface area (Å²) < 4.78 is 45.1. The third-order valence-corrected chi connectivity index (χ3v) is 5.82. The largest absolute Gasteiger partial charge is 0.495 e. The molecule has 0 saturated heterocycles. The summed E-state index contributed by atoms with van der Waals surface area (Å²) in [6, 6.07) is 15.8. The van der Waals surface area contributed by atoms with E-state index in [0.29, 0.717) is 27.7 Å². The summed E-state index contributed by atoms with van der Waals surface area (Å²) in [7, 11) is -2.33. The highest BCUT2D eigenvalue weighted by Gasteiger charge is 2.14. The van der Waals surface area contributed by atoms with Crippen LogP contribution < -0.4 is 14.8 Å². The Bertz CT molecular complexity index is 1150. The molecule has 0 fully saturated rings. The maximum Gasteiger partial charge on any atom is 0.261 e. The Kier molecular flexibility index (Phi) is 6.59. The molecule has 0 aliphatic rings. The SMILES string of the molecule is COc1ccc(NC(=O)Cc2ccc(NS(=O)(=O)c3ccc(F)cc3)cc2)cc1Cl. The summed E-state index contributed by atoms with van der Waals surface area (Å²) in [4.78, 5) is 12.2. The molecule has 0 aliphatic carbocycles. The number of rotatable bonds is 7. The van der Waals surface area contributed by atoms with Crippen molar-refractivity contribution in [3.63, 3.8) is 0 Å². The molecule has 0 spiro atoms. The molecule has 156 valence electrons. The van der Waals surface area contributed by atoms with Gasteiger partial charge in [-0.05, 0) is 60.2 Å². The molecule has 30 heavy (non-hydrogen) atoms. The van der Waals surface area contributed by atoms with Gasteiger partial charge in [0.25, 0.3) is 10.0 Å². The molecule has 0 saturated carbocycles. The van der Waals surface area contributed by atoms with Crippen molar-refractivity contribution >= 4 is 38.9 Å². The fourth-order valence-corrected chi connectivity index (χ4v) is 3.97. The Hall–Kier alpha value is -3.10. The van der Waals surface area contributed by atoms with Gasteiger partial charge in [0.05, 0.1) is 23.4 Å². The van der Waals surface area contributed by atoms with E-state index in [1.54, 1.807) is 42.5 Å². The predicted molar refractivity (Wildman–Crippen MR) is 114 cm³/mol. The number of nitrogens with one attached hydrogen (secondary N) is 2. The monoisotopic (exact) mass is 448 g/mol. The van der Waals surface area contributed by atoms with Crippen LogP contribution in [0.15, 0.2) is 71.6 Å². The first-order valence-corrected chi connectivity index (χ1v) is 10.6. The fourth-order valence-electron chi connectivity index (χ4n) is 2.65. The van der Waals surface area contributed by atoms with Crippen molar-refractivity contribution in [3.05, 3.63) is 83.1 Å². The van der Waals surface area contributed by atoms with Gasteiger partial charge in [0.1, 0.15) is 11.6 Å². The molecule has 0 aliphatic heterocycles. The summed E-state index contributed by atoms with van der Waals surface area (Å²) in [5.41, 5.74) is 1.55. The first kappa shape index (κ1) is 21.6. The number of amides is 1. The van der Waals surface area contributed by atoms with Gasteiger partial charge in [0.15, 0.2) is 0 Å². The third kappa shape index (κ3) is 5.49. The lowest BCUT2D eigenvalue weighted by Crippen LogP contribution is -2.15. The molecule has 0 aromatic heterocycles. The maximum atomic E-state index is 13.0. The van der Waals surface area contributed by atoms with Gasteiger partial charge in [-0.1, -0.05) is 23.7 Å². The van der Waals surface area contributed by atoms with E-state index in [-0.39, 0.29) is 17.2 Å². The third-order valence-electron chi connectivity index (χ3n) is 4.13. The molecule has 0 unspecified atom stereocenters. The highest BCUT2D eigenvalue weighted by molar-refractivity contribution is 7.92. The van der Waals surface area contributed by atoms with Crippen molar-refractivity contribution in [2.75, 3.05) is 17.1 Å². The zero-order chi connectivity index (χ0) is 21.7. The number of hydrogen-bond acceptors (Lipinski definition) is 4. The zero-order valence-corrected chi connectivity index (χ0v) is 17.4. The van der Waals surface area contributed by atoms with Gasteiger partial charge in [-0.2, -0.15) is 0 Å². The van der Waals surface area contributed by atoms with E-state index in [1.807, 2.05) is 0 Å². The Labute approximate surface area is 178 Å². The van der Waals surface area contributed by atoms with Crippen LogP contribution in [0.3, 0.4) is 0 Å². The van der Waals surface area contributed by atoms with E-state index in [9.17, 15) is 17.6 Å². The Balaban J connectivity index is 1.62. The van der Waals surface area contributed by atoms with E-state index in [2.05, 4.69) is 10.0 Å². The molecule has 0 heterocycles. The van der Waals surface area contributed by atoms with Crippen LogP contribution in [0.2, 0.25) is 5.02 Å². The molecular formula is C21H18ClFN2O4S. The van der Waals surface area contributed by atoms with Crippen LogP contribution in [0.5, 0.6) is 5.75 Å². The molecule has 6 nitrogen and oxygen atoms in total. The van der Waals surface area contributed by atoms with Crippen LogP contribution in [-0.2, 0) is 21.2 Å². The lowest BCUT2D eigenvalue weighted by Gasteiger charge is -2.10. The smallest absolute Gasteiger partial charge is 0.261 e. The van der Waals surface area contributed by atoms with E-state index in [1.165, 1.54) is 19.2 Å². The average Bonchev–Trinajstić information content (AvgIpc) is 2.70. The molecule has 3 aromatic carbocycles. The van der Waals surface area contributed by atoms with Crippen molar-refractivity contribution in [1.82, 2.24) is 0 Å². The molecule has 9 heteroatoms. The zero-order valence-electron chi connectivity index (χ0n) is 15.9. The summed E-state index contributed by atoms with van der Waals surface area (Å²) in [5, 5.41) is 3.12. The summed E-state index contributed by atoms with van der Waals surface area (Å²) in [5.74, 6) is -0.266.